The molecular formula is C15H26IN7. The molecule has 0 amide bonds. The van der Waals surface area contributed by atoms with E-state index in [1.54, 1.807) is 6.20 Å². The highest BCUT2D eigenvalue weighted by atomic mass is 127. The molecule has 128 valence electrons. The number of nitrogens with one attached hydrogen (secondary N) is 3. The SMILES string of the molecule is CCNC(=NCc1ccn[nH]1)NCCCn1nc(C)cc1C.I. The van der Waals surface area contributed by atoms with Crippen molar-refractivity contribution >= 4 is 29.9 Å². The highest BCUT2D eigenvalue weighted by Gasteiger charge is 2.01. The second-order valence-corrected chi connectivity index (χ2v) is 5.21. The summed E-state index contributed by atoms with van der Waals surface area (Å²) in [5.74, 6) is 0.825. The molecule has 2 aromatic rings. The molecular weight excluding hydrogens is 405 g/mol. The number of guanidine groups is 1. The van der Waals surface area contributed by atoms with Gasteiger partial charge in [-0.3, -0.25) is 9.78 Å². The van der Waals surface area contributed by atoms with E-state index >= 15 is 0 Å². The van der Waals surface area contributed by atoms with Crippen LogP contribution in [0.3, 0.4) is 0 Å². The summed E-state index contributed by atoms with van der Waals surface area (Å²) in [5.41, 5.74) is 3.28. The van der Waals surface area contributed by atoms with Gasteiger partial charge in [-0.05, 0) is 39.3 Å². The maximum atomic E-state index is 4.52. The van der Waals surface area contributed by atoms with E-state index in [1.165, 1.54) is 5.69 Å². The number of halogens is 1. The Hall–Kier alpha value is -1.58. The molecule has 0 atom stereocenters. The molecule has 0 aromatic carbocycles. The zero-order valence-electron chi connectivity index (χ0n) is 14.0. The summed E-state index contributed by atoms with van der Waals surface area (Å²) in [5, 5.41) is 17.9. The van der Waals surface area contributed by atoms with Crippen molar-refractivity contribution in [2.45, 2.75) is 40.3 Å². The minimum atomic E-state index is 0. The normalized spacial score (nSPS) is 11.2. The van der Waals surface area contributed by atoms with Gasteiger partial charge in [0.1, 0.15) is 0 Å². The molecule has 2 heterocycles. The third kappa shape index (κ3) is 6.59. The van der Waals surface area contributed by atoms with Crippen molar-refractivity contribution in [2.75, 3.05) is 13.1 Å². The number of rotatable bonds is 7. The van der Waals surface area contributed by atoms with Crippen LogP contribution in [0.5, 0.6) is 0 Å². The number of aromatic nitrogens is 4. The first-order chi connectivity index (χ1) is 10.7. The summed E-state index contributed by atoms with van der Waals surface area (Å²) in [4.78, 5) is 4.52. The van der Waals surface area contributed by atoms with Crippen molar-refractivity contribution in [3.05, 3.63) is 35.4 Å². The Morgan fingerprint density at radius 3 is 2.78 bits per heavy atom. The molecule has 0 spiro atoms. The highest BCUT2D eigenvalue weighted by Crippen LogP contribution is 2.02. The zero-order valence-corrected chi connectivity index (χ0v) is 16.3. The molecule has 0 aliphatic heterocycles. The van der Waals surface area contributed by atoms with Crippen LogP contribution >= 0.6 is 24.0 Å². The van der Waals surface area contributed by atoms with Crippen molar-refractivity contribution < 1.29 is 0 Å². The van der Waals surface area contributed by atoms with Gasteiger partial charge in [-0.1, -0.05) is 0 Å². The molecule has 0 bridgehead atoms. The number of aryl methyl sites for hydroxylation is 3. The fraction of sp³-hybridized carbons (Fsp3) is 0.533. The van der Waals surface area contributed by atoms with Crippen LogP contribution in [0.4, 0.5) is 0 Å². The van der Waals surface area contributed by atoms with Gasteiger partial charge in [0, 0.05) is 31.5 Å². The number of aromatic amines is 1. The standard InChI is InChI=1S/C15H25N7.HI/c1-4-16-15(18-11-14-6-8-19-20-14)17-7-5-9-22-13(3)10-12(2)21-22;/h6,8,10H,4-5,7,9,11H2,1-3H3,(H,19,20)(H2,16,17,18);1H. The van der Waals surface area contributed by atoms with Crippen LogP contribution in [0, 0.1) is 13.8 Å². The molecule has 8 heteroatoms. The Labute approximate surface area is 154 Å². The number of hydrogen-bond acceptors (Lipinski definition) is 3. The molecule has 2 rings (SSSR count). The van der Waals surface area contributed by atoms with Gasteiger partial charge in [-0.25, -0.2) is 4.99 Å². The minimum absolute atomic E-state index is 0. The lowest BCUT2D eigenvalue weighted by atomic mass is 10.4. The Morgan fingerprint density at radius 2 is 2.17 bits per heavy atom. The lowest BCUT2D eigenvalue weighted by molar-refractivity contribution is 0.555. The van der Waals surface area contributed by atoms with Gasteiger partial charge in [0.2, 0.25) is 0 Å². The van der Waals surface area contributed by atoms with Crippen molar-refractivity contribution in [2.24, 2.45) is 4.99 Å². The van der Waals surface area contributed by atoms with Crippen LogP contribution < -0.4 is 10.6 Å². The molecule has 0 unspecified atom stereocenters. The number of aliphatic imine (C=N–C) groups is 1. The molecule has 3 N–H and O–H groups in total. The van der Waals surface area contributed by atoms with E-state index in [9.17, 15) is 0 Å². The van der Waals surface area contributed by atoms with Gasteiger partial charge < -0.3 is 10.6 Å². The van der Waals surface area contributed by atoms with E-state index in [0.717, 1.165) is 43.4 Å². The van der Waals surface area contributed by atoms with Gasteiger partial charge in [-0.2, -0.15) is 10.2 Å². The van der Waals surface area contributed by atoms with E-state index in [-0.39, 0.29) is 24.0 Å². The van der Waals surface area contributed by atoms with Crippen LogP contribution in [-0.4, -0.2) is 39.0 Å². The van der Waals surface area contributed by atoms with Gasteiger partial charge in [0.05, 0.1) is 17.9 Å². The Kier molecular flexibility index (Phi) is 8.67. The van der Waals surface area contributed by atoms with Gasteiger partial charge >= 0.3 is 0 Å². The second-order valence-electron chi connectivity index (χ2n) is 5.21. The van der Waals surface area contributed by atoms with Crippen LogP contribution in [0.1, 0.15) is 30.4 Å². The van der Waals surface area contributed by atoms with Crippen molar-refractivity contribution in [3.63, 3.8) is 0 Å². The van der Waals surface area contributed by atoms with Crippen molar-refractivity contribution in [3.8, 4) is 0 Å². The summed E-state index contributed by atoms with van der Waals surface area (Å²) in [6, 6.07) is 4.03. The quantitative estimate of drug-likeness (QED) is 0.271. The number of hydrogen-bond donors (Lipinski definition) is 3. The first-order valence-corrected chi connectivity index (χ1v) is 7.70. The Balaban J connectivity index is 0.00000264. The molecule has 0 fully saturated rings. The average Bonchev–Trinajstić information content (AvgIpc) is 3.10. The van der Waals surface area contributed by atoms with Gasteiger partial charge in [-0.15, -0.1) is 24.0 Å². The lowest BCUT2D eigenvalue weighted by Crippen LogP contribution is -2.38. The van der Waals surface area contributed by atoms with Crippen LogP contribution in [-0.2, 0) is 13.1 Å². The summed E-state index contributed by atoms with van der Waals surface area (Å²) in [6.45, 7) is 9.36. The van der Waals surface area contributed by atoms with Crippen molar-refractivity contribution in [1.82, 2.24) is 30.6 Å². The van der Waals surface area contributed by atoms with Crippen LogP contribution in [0.15, 0.2) is 23.3 Å². The Bertz CT molecular complexity index is 589. The molecule has 0 aliphatic carbocycles. The third-order valence-electron chi connectivity index (χ3n) is 3.25. The largest absolute Gasteiger partial charge is 0.357 e. The summed E-state index contributed by atoms with van der Waals surface area (Å²) < 4.78 is 2.05. The molecule has 2 aromatic heterocycles. The highest BCUT2D eigenvalue weighted by molar-refractivity contribution is 14.0. The minimum Gasteiger partial charge on any atom is -0.357 e. The van der Waals surface area contributed by atoms with Gasteiger partial charge in [0.15, 0.2) is 5.96 Å². The maximum absolute atomic E-state index is 4.52. The number of nitrogens with zero attached hydrogens (tertiary/aromatic N) is 4. The van der Waals surface area contributed by atoms with E-state index in [1.807, 2.05) is 17.7 Å². The summed E-state index contributed by atoms with van der Waals surface area (Å²) >= 11 is 0. The smallest absolute Gasteiger partial charge is 0.191 e. The second kappa shape index (κ2) is 10.2. The monoisotopic (exact) mass is 431 g/mol. The van der Waals surface area contributed by atoms with Gasteiger partial charge in [0.25, 0.3) is 0 Å². The van der Waals surface area contributed by atoms with E-state index in [2.05, 4.69) is 50.8 Å². The van der Waals surface area contributed by atoms with Crippen molar-refractivity contribution in [1.29, 1.82) is 0 Å². The van der Waals surface area contributed by atoms with Crippen LogP contribution in [0.25, 0.3) is 0 Å². The fourth-order valence-corrected chi connectivity index (χ4v) is 2.22. The molecule has 0 saturated carbocycles. The maximum Gasteiger partial charge on any atom is 0.191 e. The lowest BCUT2D eigenvalue weighted by Gasteiger charge is -2.11. The first-order valence-electron chi connectivity index (χ1n) is 7.70. The Morgan fingerprint density at radius 1 is 1.35 bits per heavy atom. The molecule has 7 nitrogen and oxygen atoms in total. The van der Waals surface area contributed by atoms with E-state index < -0.39 is 0 Å². The predicted molar refractivity (Wildman–Crippen MR) is 103 cm³/mol. The predicted octanol–water partition coefficient (Wildman–Crippen LogP) is 1.99. The summed E-state index contributed by atoms with van der Waals surface area (Å²) in [6.07, 6.45) is 2.73. The van der Waals surface area contributed by atoms with E-state index in [4.69, 9.17) is 0 Å². The fourth-order valence-electron chi connectivity index (χ4n) is 2.22. The number of H-pyrrole nitrogens is 1. The zero-order chi connectivity index (χ0) is 15.8. The van der Waals surface area contributed by atoms with Crippen LogP contribution in [0.2, 0.25) is 0 Å². The third-order valence-corrected chi connectivity index (χ3v) is 3.25. The molecule has 0 aliphatic rings. The molecule has 0 saturated heterocycles. The molecule has 23 heavy (non-hydrogen) atoms. The first kappa shape index (κ1) is 19.5. The van der Waals surface area contributed by atoms with E-state index in [0.29, 0.717) is 6.54 Å². The summed E-state index contributed by atoms with van der Waals surface area (Å²) in [7, 11) is 0. The topological polar surface area (TPSA) is 82.9 Å². The molecule has 0 radical (unpaired) electrons. The average molecular weight is 431 g/mol.